The second-order valence-electron chi connectivity index (χ2n) is 7.43. The van der Waals surface area contributed by atoms with Gasteiger partial charge in [0.1, 0.15) is 5.75 Å². The van der Waals surface area contributed by atoms with E-state index >= 15 is 0 Å². The Hall–Kier alpha value is -3.86. The number of hydrogen-bond donors (Lipinski definition) is 0. The van der Waals surface area contributed by atoms with Crippen LogP contribution in [0.4, 0.5) is 5.69 Å². The number of aromatic nitrogens is 3. The molecule has 0 bridgehead atoms. The zero-order chi connectivity index (χ0) is 20.7. The highest BCUT2D eigenvalue weighted by atomic mass is 16.5. The average Bonchev–Trinajstić information content (AvgIpc) is 3.17. The lowest BCUT2D eigenvalue weighted by molar-refractivity contribution is 0.415. The van der Waals surface area contributed by atoms with Crippen LogP contribution in [0.25, 0.3) is 39.3 Å². The molecule has 0 amide bonds. The fourth-order valence-corrected chi connectivity index (χ4v) is 3.71. The number of para-hydroxylation sites is 2. The average molecular weight is 394 g/mol. The second-order valence-corrected chi connectivity index (χ2v) is 7.43. The van der Waals surface area contributed by atoms with E-state index in [1.54, 1.807) is 7.11 Å². The topological polar surface area (TPSA) is 42.7 Å². The van der Waals surface area contributed by atoms with Crippen molar-refractivity contribution in [3.63, 3.8) is 0 Å². The molecule has 0 unspecified atom stereocenters. The van der Waals surface area contributed by atoms with Crippen molar-refractivity contribution in [2.24, 2.45) is 0 Å². The van der Waals surface area contributed by atoms with Gasteiger partial charge >= 0.3 is 0 Å². The van der Waals surface area contributed by atoms with Crippen LogP contribution >= 0.6 is 0 Å². The maximum absolute atomic E-state index is 5.30. The number of nitrogens with zero attached hydrogens (tertiary/aromatic N) is 4. The molecule has 0 saturated heterocycles. The molecule has 5 nitrogen and oxygen atoms in total. The number of rotatable bonds is 4. The lowest BCUT2D eigenvalue weighted by Gasteiger charge is -2.14. The summed E-state index contributed by atoms with van der Waals surface area (Å²) in [7, 11) is 5.76. The van der Waals surface area contributed by atoms with Gasteiger partial charge in [0.15, 0.2) is 0 Å². The molecule has 0 spiro atoms. The fraction of sp³-hybridized carbons (Fsp3) is 0.120. The van der Waals surface area contributed by atoms with Gasteiger partial charge < -0.3 is 9.64 Å². The molecule has 5 rings (SSSR count). The van der Waals surface area contributed by atoms with Crippen LogP contribution in [0.2, 0.25) is 0 Å². The molecule has 0 aliphatic carbocycles. The highest BCUT2D eigenvalue weighted by molar-refractivity contribution is 5.84. The minimum atomic E-state index is 0.691. The fourth-order valence-electron chi connectivity index (χ4n) is 3.71. The molecule has 0 N–H and O–H groups in total. The van der Waals surface area contributed by atoms with Crippen LogP contribution in [-0.2, 0) is 0 Å². The third-order valence-corrected chi connectivity index (χ3v) is 5.34. The molecular weight excluding hydrogens is 372 g/mol. The van der Waals surface area contributed by atoms with Gasteiger partial charge in [0.2, 0.25) is 5.78 Å². The summed E-state index contributed by atoms with van der Waals surface area (Å²) in [6, 6.07) is 26.8. The third kappa shape index (κ3) is 3.05. The minimum Gasteiger partial charge on any atom is -0.497 e. The van der Waals surface area contributed by atoms with Gasteiger partial charge in [-0.05, 0) is 60.2 Å². The van der Waals surface area contributed by atoms with Crippen molar-refractivity contribution in [2.45, 2.75) is 0 Å². The van der Waals surface area contributed by atoms with Gasteiger partial charge in [-0.2, -0.15) is 0 Å². The highest BCUT2D eigenvalue weighted by Gasteiger charge is 2.14. The number of hydrogen-bond acceptors (Lipinski definition) is 4. The summed E-state index contributed by atoms with van der Waals surface area (Å²) in [5.41, 5.74) is 7.23. The van der Waals surface area contributed by atoms with Gasteiger partial charge in [0, 0.05) is 25.3 Å². The first-order valence-electron chi connectivity index (χ1n) is 9.84. The smallest absolute Gasteiger partial charge is 0.235 e. The molecule has 0 atom stereocenters. The molecule has 2 heterocycles. The number of imidazole rings is 1. The molecule has 0 radical (unpaired) electrons. The summed E-state index contributed by atoms with van der Waals surface area (Å²) in [6.07, 6.45) is 0. The Morgan fingerprint density at radius 1 is 0.800 bits per heavy atom. The van der Waals surface area contributed by atoms with E-state index in [4.69, 9.17) is 14.7 Å². The van der Waals surface area contributed by atoms with Gasteiger partial charge in [-0.25, -0.2) is 9.97 Å². The number of anilines is 1. The molecule has 5 heteroatoms. The van der Waals surface area contributed by atoms with Crippen molar-refractivity contribution in [3.05, 3.63) is 78.9 Å². The van der Waals surface area contributed by atoms with E-state index in [1.165, 1.54) is 0 Å². The minimum absolute atomic E-state index is 0.691. The van der Waals surface area contributed by atoms with Crippen LogP contribution in [0.5, 0.6) is 5.75 Å². The van der Waals surface area contributed by atoms with Crippen LogP contribution in [0.3, 0.4) is 0 Å². The van der Waals surface area contributed by atoms with Crippen LogP contribution in [-0.4, -0.2) is 35.6 Å². The molecule has 0 aliphatic rings. The first-order valence-corrected chi connectivity index (χ1v) is 9.84. The molecule has 0 fully saturated rings. The summed E-state index contributed by atoms with van der Waals surface area (Å²) < 4.78 is 7.43. The van der Waals surface area contributed by atoms with E-state index in [0.717, 1.165) is 45.0 Å². The molecule has 2 aromatic heterocycles. The van der Waals surface area contributed by atoms with Crippen molar-refractivity contribution in [1.82, 2.24) is 14.4 Å². The summed E-state index contributed by atoms with van der Waals surface area (Å²) in [5, 5.41) is 0. The number of benzene rings is 3. The summed E-state index contributed by atoms with van der Waals surface area (Å²) in [5.74, 6) is 1.52. The summed E-state index contributed by atoms with van der Waals surface area (Å²) >= 11 is 0. The van der Waals surface area contributed by atoms with Gasteiger partial charge in [0.05, 0.1) is 29.5 Å². The molecule has 148 valence electrons. The largest absolute Gasteiger partial charge is 0.497 e. The maximum Gasteiger partial charge on any atom is 0.235 e. The molecule has 5 aromatic rings. The normalized spacial score (nSPS) is 11.2. The summed E-state index contributed by atoms with van der Waals surface area (Å²) in [4.78, 5) is 11.8. The van der Waals surface area contributed by atoms with Crippen molar-refractivity contribution in [1.29, 1.82) is 0 Å². The molecule has 0 saturated carbocycles. The Labute approximate surface area is 175 Å². The zero-order valence-corrected chi connectivity index (χ0v) is 17.2. The molecule has 3 aromatic carbocycles. The van der Waals surface area contributed by atoms with Crippen LogP contribution in [0.15, 0.2) is 78.9 Å². The Bertz CT molecular complexity index is 1340. The van der Waals surface area contributed by atoms with Crippen LogP contribution in [0, 0.1) is 0 Å². The van der Waals surface area contributed by atoms with E-state index < -0.39 is 0 Å². The standard InChI is InChI=1S/C25H22N4O/c1-28(2)19-12-8-18(9-13-19)24-16-22(17-10-14-20(30-3)15-11-17)27-25-26-21-6-4-5-7-23(21)29(24)25/h4-16H,1-3H3. The molecular formula is C25H22N4O. The maximum atomic E-state index is 5.30. The van der Waals surface area contributed by atoms with Gasteiger partial charge in [-0.1, -0.05) is 24.3 Å². The SMILES string of the molecule is COc1ccc(-c2cc(-c3ccc(N(C)C)cc3)n3c(n2)nc2ccccc23)cc1. The van der Waals surface area contributed by atoms with Crippen molar-refractivity contribution in [2.75, 3.05) is 26.1 Å². The summed E-state index contributed by atoms with van der Waals surface area (Å²) in [6.45, 7) is 0. The Balaban J connectivity index is 1.76. The lowest BCUT2D eigenvalue weighted by Crippen LogP contribution is -2.08. The van der Waals surface area contributed by atoms with Gasteiger partial charge in [-0.15, -0.1) is 0 Å². The lowest BCUT2D eigenvalue weighted by atomic mass is 10.1. The van der Waals surface area contributed by atoms with E-state index in [0.29, 0.717) is 5.78 Å². The Morgan fingerprint density at radius 2 is 1.50 bits per heavy atom. The van der Waals surface area contributed by atoms with Crippen molar-refractivity contribution < 1.29 is 4.74 Å². The highest BCUT2D eigenvalue weighted by Crippen LogP contribution is 2.31. The Morgan fingerprint density at radius 3 is 2.20 bits per heavy atom. The molecule has 30 heavy (non-hydrogen) atoms. The Kier molecular flexibility index (Phi) is 4.36. The van der Waals surface area contributed by atoms with E-state index in [-0.39, 0.29) is 0 Å². The monoisotopic (exact) mass is 394 g/mol. The second kappa shape index (κ2) is 7.19. The van der Waals surface area contributed by atoms with Crippen LogP contribution in [0.1, 0.15) is 0 Å². The van der Waals surface area contributed by atoms with Gasteiger partial charge in [-0.3, -0.25) is 4.40 Å². The zero-order valence-electron chi connectivity index (χ0n) is 17.2. The van der Waals surface area contributed by atoms with E-state index in [1.807, 2.05) is 56.6 Å². The molecule has 0 aliphatic heterocycles. The predicted octanol–water partition coefficient (Wildman–Crippen LogP) is 5.29. The first-order chi connectivity index (χ1) is 14.6. The van der Waals surface area contributed by atoms with E-state index in [2.05, 4.69) is 45.7 Å². The van der Waals surface area contributed by atoms with E-state index in [9.17, 15) is 0 Å². The number of methoxy groups -OCH3 is 1. The third-order valence-electron chi connectivity index (χ3n) is 5.34. The number of fused-ring (bicyclic) bond motifs is 3. The van der Waals surface area contributed by atoms with Crippen molar-refractivity contribution in [3.8, 4) is 28.3 Å². The van der Waals surface area contributed by atoms with Crippen LogP contribution < -0.4 is 9.64 Å². The predicted molar refractivity (Wildman–Crippen MR) is 122 cm³/mol. The first kappa shape index (κ1) is 18.2. The van der Waals surface area contributed by atoms with Gasteiger partial charge in [0.25, 0.3) is 0 Å². The van der Waals surface area contributed by atoms with Crippen molar-refractivity contribution >= 4 is 22.5 Å². The quantitative estimate of drug-likeness (QED) is 0.415. The number of ether oxygens (including phenoxy) is 1.